The molecule has 0 unspecified atom stereocenters. The van der Waals surface area contributed by atoms with E-state index < -0.39 is 0 Å². The van der Waals surface area contributed by atoms with E-state index in [1.54, 1.807) is 17.9 Å². The van der Waals surface area contributed by atoms with Gasteiger partial charge in [0.1, 0.15) is 0 Å². The van der Waals surface area contributed by atoms with Crippen LogP contribution in [0.2, 0.25) is 5.02 Å². The summed E-state index contributed by atoms with van der Waals surface area (Å²) in [7, 11) is 1.80. The third-order valence-electron chi connectivity index (χ3n) is 5.82. The Labute approximate surface area is 165 Å². The summed E-state index contributed by atoms with van der Waals surface area (Å²) in [4.78, 5) is 17.6. The molecule has 5 nitrogen and oxygen atoms in total. The molecular weight excluding hydrogens is 360 g/mol. The lowest BCUT2D eigenvalue weighted by Crippen LogP contribution is -2.47. The molecule has 2 atom stereocenters. The molecule has 4 heterocycles. The maximum atomic E-state index is 13.0. The predicted octanol–water partition coefficient (Wildman–Crippen LogP) is 3.24. The lowest BCUT2D eigenvalue weighted by molar-refractivity contribution is 0.0578. The molecule has 3 aliphatic rings. The van der Waals surface area contributed by atoms with Crippen LogP contribution in [0, 0.1) is 5.92 Å². The zero-order chi connectivity index (χ0) is 18.8. The molecule has 3 aliphatic heterocycles. The number of benzene rings is 1. The van der Waals surface area contributed by atoms with E-state index in [2.05, 4.69) is 40.3 Å². The van der Waals surface area contributed by atoms with Crippen molar-refractivity contribution in [3.63, 3.8) is 0 Å². The van der Waals surface area contributed by atoms with Crippen molar-refractivity contribution in [3.05, 3.63) is 52.8 Å². The highest BCUT2D eigenvalue weighted by molar-refractivity contribution is 6.33. The summed E-state index contributed by atoms with van der Waals surface area (Å²) >= 11 is 6.22. The number of piperidine rings is 1. The number of halogens is 1. The number of aryl methyl sites for hydroxylation is 2. The highest BCUT2D eigenvalue weighted by Crippen LogP contribution is 2.30. The van der Waals surface area contributed by atoms with Gasteiger partial charge in [-0.25, -0.2) is 0 Å². The van der Waals surface area contributed by atoms with Gasteiger partial charge in [0.05, 0.1) is 5.02 Å². The monoisotopic (exact) mass is 386 g/mol. The minimum Gasteiger partial charge on any atom is -0.333 e. The molecule has 1 aromatic heterocycles. The molecule has 0 radical (unpaired) electrons. The molecule has 5 rings (SSSR count). The van der Waals surface area contributed by atoms with Gasteiger partial charge in [0, 0.05) is 38.9 Å². The average Bonchev–Trinajstić information content (AvgIpc) is 2.83. The van der Waals surface area contributed by atoms with Gasteiger partial charge < -0.3 is 9.80 Å². The van der Waals surface area contributed by atoms with E-state index in [-0.39, 0.29) is 11.9 Å². The maximum absolute atomic E-state index is 13.0. The van der Waals surface area contributed by atoms with Crippen LogP contribution in [0.4, 0.5) is 0 Å². The molecule has 1 amide bonds. The number of carbonyl (C=O) groups excluding carboxylic acids is 1. The number of aromatic nitrogens is 2. The van der Waals surface area contributed by atoms with E-state index in [1.165, 1.54) is 12.0 Å². The lowest BCUT2D eigenvalue weighted by atomic mass is 9.95. The normalized spacial score (nSPS) is 22.8. The molecule has 1 aromatic carbocycles. The first-order valence-electron chi connectivity index (χ1n) is 9.86. The molecule has 0 saturated carbocycles. The lowest BCUT2D eigenvalue weighted by Gasteiger charge is -2.35. The maximum Gasteiger partial charge on any atom is 0.276 e. The SMILES string of the molecule is Cn1cc(Cl)c(C(=O)N2C[C@H]3CC[C@@H]2CN(CCCc2ccccc2)C3)n1. The minimum atomic E-state index is -0.0126. The van der Waals surface area contributed by atoms with Crippen LogP contribution < -0.4 is 0 Å². The Hall–Kier alpha value is -1.85. The summed E-state index contributed by atoms with van der Waals surface area (Å²) in [5.74, 6) is 0.536. The van der Waals surface area contributed by atoms with Crippen molar-refractivity contribution in [3.8, 4) is 0 Å². The Morgan fingerprint density at radius 1 is 1.19 bits per heavy atom. The van der Waals surface area contributed by atoms with E-state index in [1.807, 2.05) is 4.90 Å². The second-order valence-electron chi connectivity index (χ2n) is 7.90. The average molecular weight is 387 g/mol. The van der Waals surface area contributed by atoms with Crippen molar-refractivity contribution in [2.24, 2.45) is 13.0 Å². The molecule has 144 valence electrons. The van der Waals surface area contributed by atoms with Crippen LogP contribution in [-0.2, 0) is 13.5 Å². The van der Waals surface area contributed by atoms with Crippen LogP contribution >= 0.6 is 11.6 Å². The molecule has 0 spiro atoms. The third-order valence-corrected chi connectivity index (χ3v) is 6.10. The fourth-order valence-electron chi connectivity index (χ4n) is 4.50. The van der Waals surface area contributed by atoms with Crippen molar-refractivity contribution in [2.45, 2.75) is 31.7 Å². The fraction of sp³-hybridized carbons (Fsp3) is 0.524. The highest BCUT2D eigenvalue weighted by atomic mass is 35.5. The number of carbonyl (C=O) groups is 1. The smallest absolute Gasteiger partial charge is 0.276 e. The first kappa shape index (κ1) is 18.5. The number of rotatable bonds is 5. The van der Waals surface area contributed by atoms with Crippen LogP contribution in [0.3, 0.4) is 0 Å². The van der Waals surface area contributed by atoms with E-state index in [0.717, 1.165) is 45.4 Å². The second-order valence-corrected chi connectivity index (χ2v) is 8.31. The van der Waals surface area contributed by atoms with Gasteiger partial charge in [-0.2, -0.15) is 5.10 Å². The van der Waals surface area contributed by atoms with Crippen molar-refractivity contribution in [2.75, 3.05) is 26.2 Å². The Bertz CT molecular complexity index is 791. The number of nitrogens with zero attached hydrogens (tertiary/aromatic N) is 4. The molecule has 3 fully saturated rings. The van der Waals surface area contributed by atoms with Gasteiger partial charge in [0.2, 0.25) is 0 Å². The first-order valence-corrected chi connectivity index (χ1v) is 10.2. The summed E-state index contributed by atoms with van der Waals surface area (Å²) in [6.07, 6.45) is 6.25. The molecule has 0 N–H and O–H groups in total. The molecule has 2 bridgehead atoms. The summed E-state index contributed by atoms with van der Waals surface area (Å²) in [6.45, 7) is 3.96. The van der Waals surface area contributed by atoms with Gasteiger partial charge in [0.15, 0.2) is 5.69 Å². The van der Waals surface area contributed by atoms with Crippen molar-refractivity contribution in [1.82, 2.24) is 19.6 Å². The summed E-state index contributed by atoms with van der Waals surface area (Å²) in [6, 6.07) is 10.9. The number of fused-ring (bicyclic) bond motifs is 4. The van der Waals surface area contributed by atoms with E-state index in [0.29, 0.717) is 16.6 Å². The van der Waals surface area contributed by atoms with Crippen molar-refractivity contribution in [1.29, 1.82) is 0 Å². The molecule has 6 heteroatoms. The zero-order valence-corrected chi connectivity index (χ0v) is 16.6. The van der Waals surface area contributed by atoms with Gasteiger partial charge in [0.25, 0.3) is 5.91 Å². The topological polar surface area (TPSA) is 41.4 Å². The van der Waals surface area contributed by atoms with Crippen LogP contribution in [0.15, 0.2) is 36.5 Å². The van der Waals surface area contributed by atoms with E-state index in [9.17, 15) is 4.79 Å². The molecular formula is C21H27ClN4O. The van der Waals surface area contributed by atoms with Gasteiger partial charge in [-0.3, -0.25) is 9.48 Å². The summed E-state index contributed by atoms with van der Waals surface area (Å²) in [5, 5.41) is 4.73. The van der Waals surface area contributed by atoms with Gasteiger partial charge >= 0.3 is 0 Å². The minimum absolute atomic E-state index is 0.0126. The number of hydrogen-bond donors (Lipinski definition) is 0. The Morgan fingerprint density at radius 3 is 2.74 bits per heavy atom. The van der Waals surface area contributed by atoms with E-state index >= 15 is 0 Å². The Kier molecular flexibility index (Phi) is 5.50. The Morgan fingerprint density at radius 2 is 2.00 bits per heavy atom. The zero-order valence-electron chi connectivity index (χ0n) is 15.9. The summed E-state index contributed by atoms with van der Waals surface area (Å²) in [5.41, 5.74) is 1.79. The second kappa shape index (κ2) is 8.03. The molecule has 0 aliphatic carbocycles. The number of amides is 1. The summed E-state index contributed by atoms with van der Waals surface area (Å²) < 4.78 is 1.61. The van der Waals surface area contributed by atoms with Gasteiger partial charge in [-0.05, 0) is 43.7 Å². The molecule has 27 heavy (non-hydrogen) atoms. The van der Waals surface area contributed by atoms with Crippen LogP contribution in [0.1, 0.15) is 35.3 Å². The van der Waals surface area contributed by atoms with Gasteiger partial charge in [-0.15, -0.1) is 0 Å². The number of hydrogen-bond acceptors (Lipinski definition) is 3. The molecule has 3 saturated heterocycles. The van der Waals surface area contributed by atoms with Crippen LogP contribution in [-0.4, -0.2) is 57.7 Å². The molecule has 2 aromatic rings. The van der Waals surface area contributed by atoms with Crippen molar-refractivity contribution >= 4 is 17.5 Å². The van der Waals surface area contributed by atoms with E-state index in [4.69, 9.17) is 11.6 Å². The van der Waals surface area contributed by atoms with Crippen LogP contribution in [0.25, 0.3) is 0 Å². The fourth-order valence-corrected chi connectivity index (χ4v) is 4.76. The van der Waals surface area contributed by atoms with Gasteiger partial charge in [-0.1, -0.05) is 41.9 Å². The van der Waals surface area contributed by atoms with Crippen molar-refractivity contribution < 1.29 is 4.79 Å². The largest absolute Gasteiger partial charge is 0.333 e. The Balaban J connectivity index is 1.38. The predicted molar refractivity (Wildman–Crippen MR) is 107 cm³/mol. The third kappa shape index (κ3) is 4.19. The quantitative estimate of drug-likeness (QED) is 0.792. The standard InChI is InChI=1S/C21H27ClN4O/c1-24-15-19(22)20(23-24)21(27)26-13-17-9-10-18(26)14-25(12-17)11-5-8-16-6-3-2-4-7-16/h2-4,6-7,15,17-18H,5,8-14H2,1H3/t17-,18+/m0/s1. The highest BCUT2D eigenvalue weighted by Gasteiger charge is 2.38. The first-order chi connectivity index (χ1) is 13.1. The van der Waals surface area contributed by atoms with Crippen LogP contribution in [0.5, 0.6) is 0 Å².